The summed E-state index contributed by atoms with van der Waals surface area (Å²) in [4.78, 5) is 27.1. The van der Waals surface area contributed by atoms with Crippen LogP contribution in [0.15, 0.2) is 48.8 Å². The van der Waals surface area contributed by atoms with Gasteiger partial charge in [0.05, 0.1) is 6.04 Å². The molecule has 1 atom stereocenters. The summed E-state index contributed by atoms with van der Waals surface area (Å²) in [5.41, 5.74) is 3.13. The molecule has 120 valence electrons. The predicted octanol–water partition coefficient (Wildman–Crippen LogP) is 2.12. The van der Waals surface area contributed by atoms with E-state index in [1.54, 1.807) is 12.4 Å². The van der Waals surface area contributed by atoms with E-state index in [0.717, 1.165) is 16.7 Å². The van der Waals surface area contributed by atoms with Gasteiger partial charge in [0.25, 0.3) is 0 Å². The molecule has 2 N–H and O–H groups in total. The second kappa shape index (κ2) is 8.08. The topological polar surface area (TPSA) is 71.1 Å². The Morgan fingerprint density at radius 3 is 2.48 bits per heavy atom. The van der Waals surface area contributed by atoms with Gasteiger partial charge in [-0.2, -0.15) is 0 Å². The van der Waals surface area contributed by atoms with Crippen LogP contribution in [-0.4, -0.2) is 23.3 Å². The molecule has 0 aliphatic carbocycles. The fraction of sp³-hybridized carbons (Fsp3) is 0.278. The summed E-state index contributed by atoms with van der Waals surface area (Å²) >= 11 is 0. The Balaban J connectivity index is 2.17. The zero-order valence-electron chi connectivity index (χ0n) is 13.4. The summed E-state index contributed by atoms with van der Waals surface area (Å²) in [5.74, 6) is -0.244. The number of nitrogens with one attached hydrogen (secondary N) is 2. The van der Waals surface area contributed by atoms with E-state index < -0.39 is 0 Å². The second-order valence-corrected chi connectivity index (χ2v) is 5.37. The lowest BCUT2D eigenvalue weighted by molar-refractivity contribution is -0.122. The smallest absolute Gasteiger partial charge is 0.222 e. The van der Waals surface area contributed by atoms with Crippen LogP contribution < -0.4 is 10.6 Å². The molecular weight excluding hydrogens is 290 g/mol. The lowest BCUT2D eigenvalue weighted by Crippen LogP contribution is -2.33. The van der Waals surface area contributed by atoms with E-state index in [2.05, 4.69) is 15.6 Å². The normalized spacial score (nSPS) is 11.6. The molecule has 0 bridgehead atoms. The van der Waals surface area contributed by atoms with Crippen LogP contribution in [-0.2, 0) is 9.59 Å². The van der Waals surface area contributed by atoms with Crippen LogP contribution >= 0.6 is 0 Å². The minimum Gasteiger partial charge on any atom is -0.356 e. The Morgan fingerprint density at radius 1 is 1.13 bits per heavy atom. The molecule has 0 aliphatic rings. The third-order valence-electron chi connectivity index (χ3n) is 3.57. The number of carbonyl (C=O) groups excluding carboxylic acids is 2. The maximum atomic E-state index is 12.2. The highest BCUT2D eigenvalue weighted by Gasteiger charge is 2.18. The van der Waals surface area contributed by atoms with Gasteiger partial charge in [0.15, 0.2) is 0 Å². The summed E-state index contributed by atoms with van der Waals surface area (Å²) in [6.07, 6.45) is 3.67. The molecule has 5 nitrogen and oxygen atoms in total. The standard InChI is InChI=1S/C18H21N3O2/c1-13-5-3-4-6-16(13)18(15-7-10-19-11-8-15)21-17(23)9-12-20-14(2)22/h3-8,10-11,18H,9,12H2,1-2H3,(H,20,22)(H,21,23)/t18-/m0/s1. The van der Waals surface area contributed by atoms with E-state index in [-0.39, 0.29) is 24.3 Å². The van der Waals surface area contributed by atoms with Crippen molar-refractivity contribution in [1.29, 1.82) is 0 Å². The molecule has 0 aliphatic heterocycles. The van der Waals surface area contributed by atoms with Crippen molar-refractivity contribution in [2.75, 3.05) is 6.54 Å². The first kappa shape index (κ1) is 16.7. The molecule has 23 heavy (non-hydrogen) atoms. The Kier molecular flexibility index (Phi) is 5.86. The van der Waals surface area contributed by atoms with E-state index >= 15 is 0 Å². The molecule has 1 aromatic carbocycles. The highest BCUT2D eigenvalue weighted by atomic mass is 16.2. The van der Waals surface area contributed by atoms with Crippen LogP contribution in [0.1, 0.15) is 36.1 Å². The van der Waals surface area contributed by atoms with E-state index in [9.17, 15) is 9.59 Å². The SMILES string of the molecule is CC(=O)NCCC(=O)N[C@@H](c1ccncc1)c1ccccc1C. The van der Waals surface area contributed by atoms with Crippen molar-refractivity contribution in [3.8, 4) is 0 Å². The zero-order chi connectivity index (χ0) is 16.7. The van der Waals surface area contributed by atoms with Crippen molar-refractivity contribution in [3.63, 3.8) is 0 Å². The van der Waals surface area contributed by atoms with Crippen LogP contribution in [0.4, 0.5) is 0 Å². The number of hydrogen-bond acceptors (Lipinski definition) is 3. The van der Waals surface area contributed by atoms with Gasteiger partial charge in [0.1, 0.15) is 0 Å². The highest BCUT2D eigenvalue weighted by molar-refractivity contribution is 5.78. The van der Waals surface area contributed by atoms with Gasteiger partial charge >= 0.3 is 0 Å². The molecule has 0 saturated carbocycles. The molecule has 2 aromatic rings. The zero-order valence-corrected chi connectivity index (χ0v) is 13.4. The maximum absolute atomic E-state index is 12.2. The summed E-state index contributed by atoms with van der Waals surface area (Å²) in [6.45, 7) is 3.79. The van der Waals surface area contributed by atoms with Crippen molar-refractivity contribution in [3.05, 3.63) is 65.5 Å². The van der Waals surface area contributed by atoms with Crippen LogP contribution in [0.5, 0.6) is 0 Å². The molecule has 1 heterocycles. The van der Waals surface area contributed by atoms with E-state index in [1.165, 1.54) is 6.92 Å². The number of benzene rings is 1. The van der Waals surface area contributed by atoms with Crippen LogP contribution in [0.2, 0.25) is 0 Å². The lowest BCUT2D eigenvalue weighted by Gasteiger charge is -2.21. The number of aromatic nitrogens is 1. The summed E-state index contributed by atoms with van der Waals surface area (Å²) in [6, 6.07) is 11.5. The van der Waals surface area contributed by atoms with Gasteiger partial charge in [-0.25, -0.2) is 0 Å². The quantitative estimate of drug-likeness (QED) is 0.858. The average molecular weight is 311 g/mol. The van der Waals surface area contributed by atoms with Gasteiger partial charge in [0.2, 0.25) is 11.8 Å². The largest absolute Gasteiger partial charge is 0.356 e. The number of amides is 2. The Labute approximate surface area is 136 Å². The molecule has 0 unspecified atom stereocenters. The van der Waals surface area contributed by atoms with E-state index in [4.69, 9.17) is 0 Å². The van der Waals surface area contributed by atoms with Crippen molar-refractivity contribution < 1.29 is 9.59 Å². The van der Waals surface area contributed by atoms with Crippen LogP contribution in [0, 0.1) is 6.92 Å². The number of hydrogen-bond donors (Lipinski definition) is 2. The first-order chi connectivity index (χ1) is 11.1. The van der Waals surface area contributed by atoms with Crippen molar-refractivity contribution >= 4 is 11.8 Å². The van der Waals surface area contributed by atoms with Crippen molar-refractivity contribution in [2.24, 2.45) is 0 Å². The Morgan fingerprint density at radius 2 is 1.83 bits per heavy atom. The molecular formula is C18H21N3O2. The third-order valence-corrected chi connectivity index (χ3v) is 3.57. The third kappa shape index (κ3) is 4.92. The molecule has 1 aromatic heterocycles. The van der Waals surface area contributed by atoms with E-state index in [0.29, 0.717) is 6.54 Å². The van der Waals surface area contributed by atoms with Crippen LogP contribution in [0.3, 0.4) is 0 Å². The van der Waals surface area contributed by atoms with Gasteiger partial charge in [-0.15, -0.1) is 0 Å². The highest BCUT2D eigenvalue weighted by Crippen LogP contribution is 2.24. The van der Waals surface area contributed by atoms with Gasteiger partial charge in [-0.05, 0) is 35.7 Å². The van der Waals surface area contributed by atoms with Gasteiger partial charge in [0, 0.05) is 32.3 Å². The van der Waals surface area contributed by atoms with Gasteiger partial charge in [-0.1, -0.05) is 24.3 Å². The summed E-state index contributed by atoms with van der Waals surface area (Å²) in [5, 5.41) is 5.68. The molecule has 2 amide bonds. The summed E-state index contributed by atoms with van der Waals surface area (Å²) in [7, 11) is 0. The van der Waals surface area contributed by atoms with E-state index in [1.807, 2.05) is 43.3 Å². The molecule has 0 saturated heterocycles. The maximum Gasteiger partial charge on any atom is 0.222 e. The molecule has 2 rings (SSSR count). The number of carbonyl (C=O) groups is 2. The van der Waals surface area contributed by atoms with Crippen LogP contribution in [0.25, 0.3) is 0 Å². The molecule has 0 spiro atoms. The predicted molar refractivity (Wildman–Crippen MR) is 88.7 cm³/mol. The molecule has 0 fully saturated rings. The van der Waals surface area contributed by atoms with Gasteiger partial charge < -0.3 is 10.6 Å². The lowest BCUT2D eigenvalue weighted by atomic mass is 9.95. The monoisotopic (exact) mass is 311 g/mol. The Bertz CT molecular complexity index is 671. The molecule has 0 radical (unpaired) electrons. The minimum absolute atomic E-state index is 0.108. The molecule has 5 heteroatoms. The minimum atomic E-state index is -0.232. The first-order valence-electron chi connectivity index (χ1n) is 7.57. The Hall–Kier alpha value is -2.69. The number of nitrogens with zero attached hydrogens (tertiary/aromatic N) is 1. The van der Waals surface area contributed by atoms with Gasteiger partial charge in [-0.3, -0.25) is 14.6 Å². The first-order valence-corrected chi connectivity index (χ1v) is 7.57. The number of rotatable bonds is 6. The fourth-order valence-electron chi connectivity index (χ4n) is 2.39. The second-order valence-electron chi connectivity index (χ2n) is 5.37. The number of aryl methyl sites for hydroxylation is 1. The van der Waals surface area contributed by atoms with Crippen molar-refractivity contribution in [1.82, 2.24) is 15.6 Å². The van der Waals surface area contributed by atoms with Crippen molar-refractivity contribution in [2.45, 2.75) is 26.3 Å². The number of pyridine rings is 1. The average Bonchev–Trinajstić information content (AvgIpc) is 2.54. The summed E-state index contributed by atoms with van der Waals surface area (Å²) < 4.78 is 0. The fourth-order valence-corrected chi connectivity index (χ4v) is 2.39.